The third-order valence-electron chi connectivity index (χ3n) is 3.94. The van der Waals surface area contributed by atoms with Crippen LogP contribution in [0.25, 0.3) is 0 Å². The first-order chi connectivity index (χ1) is 14.4. The van der Waals surface area contributed by atoms with Gasteiger partial charge in [0.05, 0.1) is 17.4 Å². The molecule has 0 aliphatic carbocycles. The van der Waals surface area contributed by atoms with Crippen LogP contribution in [0.15, 0.2) is 46.0 Å². The summed E-state index contributed by atoms with van der Waals surface area (Å²) in [6.07, 6.45) is 1.16. The van der Waals surface area contributed by atoms with E-state index >= 15 is 0 Å². The van der Waals surface area contributed by atoms with E-state index < -0.39 is 5.82 Å². The van der Waals surface area contributed by atoms with Crippen LogP contribution in [-0.2, 0) is 11.2 Å². The molecule has 0 unspecified atom stereocenters. The highest BCUT2D eigenvalue weighted by atomic mass is 35.5. The van der Waals surface area contributed by atoms with Gasteiger partial charge in [-0.25, -0.2) is 4.39 Å². The van der Waals surface area contributed by atoms with Gasteiger partial charge in [-0.3, -0.25) is 4.79 Å². The fourth-order valence-corrected chi connectivity index (χ4v) is 3.48. The number of benzene rings is 2. The lowest BCUT2D eigenvalue weighted by Gasteiger charge is -2.07. The Morgan fingerprint density at radius 2 is 2.07 bits per heavy atom. The molecule has 0 saturated carbocycles. The first-order valence-corrected chi connectivity index (χ1v) is 10.7. The Kier molecular flexibility index (Phi) is 7.95. The van der Waals surface area contributed by atoms with E-state index in [4.69, 9.17) is 32.4 Å². The molecule has 0 radical (unpaired) electrons. The first-order valence-electron chi connectivity index (χ1n) is 9.00. The van der Waals surface area contributed by atoms with E-state index in [1.54, 1.807) is 31.2 Å². The predicted octanol–water partition coefficient (Wildman–Crippen LogP) is 5.57. The van der Waals surface area contributed by atoms with Crippen molar-refractivity contribution in [3.05, 3.63) is 63.7 Å². The number of aromatic nitrogens is 2. The van der Waals surface area contributed by atoms with E-state index in [2.05, 4.69) is 15.5 Å². The predicted molar refractivity (Wildman–Crippen MR) is 115 cm³/mol. The largest absolute Gasteiger partial charge is 0.492 e. The van der Waals surface area contributed by atoms with Crippen molar-refractivity contribution in [1.29, 1.82) is 0 Å². The van der Waals surface area contributed by atoms with E-state index in [1.165, 1.54) is 12.1 Å². The molecule has 0 bridgehead atoms. The quantitative estimate of drug-likeness (QED) is 0.326. The summed E-state index contributed by atoms with van der Waals surface area (Å²) in [5, 5.41) is 11.8. The minimum Gasteiger partial charge on any atom is -0.492 e. The molecule has 3 aromatic rings. The molecule has 0 spiro atoms. The zero-order valence-corrected chi connectivity index (χ0v) is 18.3. The van der Waals surface area contributed by atoms with Crippen LogP contribution in [0, 0.1) is 12.7 Å². The number of thioether (sulfide) groups is 1. The van der Waals surface area contributed by atoms with Gasteiger partial charge in [-0.05, 0) is 49.2 Å². The molecule has 0 aliphatic rings. The smallest absolute Gasteiger partial charge is 0.277 e. The molecule has 10 heteroatoms. The maximum Gasteiger partial charge on any atom is 0.277 e. The zero-order valence-electron chi connectivity index (χ0n) is 16.0. The van der Waals surface area contributed by atoms with Crippen molar-refractivity contribution in [1.82, 2.24) is 10.2 Å². The van der Waals surface area contributed by atoms with Crippen molar-refractivity contribution in [2.24, 2.45) is 0 Å². The summed E-state index contributed by atoms with van der Waals surface area (Å²) in [7, 11) is 0. The second kappa shape index (κ2) is 10.7. The number of aryl methyl sites for hydroxylation is 2. The fourth-order valence-electron chi connectivity index (χ4n) is 2.44. The van der Waals surface area contributed by atoms with Gasteiger partial charge >= 0.3 is 0 Å². The molecule has 1 N–H and O–H groups in total. The zero-order chi connectivity index (χ0) is 21.5. The third kappa shape index (κ3) is 6.62. The van der Waals surface area contributed by atoms with Gasteiger partial charge in [0.25, 0.3) is 5.22 Å². The van der Waals surface area contributed by atoms with Crippen LogP contribution < -0.4 is 10.1 Å². The number of hydrogen-bond acceptors (Lipinski definition) is 6. The average molecular weight is 470 g/mol. The lowest BCUT2D eigenvalue weighted by atomic mass is 10.2. The molecule has 30 heavy (non-hydrogen) atoms. The van der Waals surface area contributed by atoms with E-state index in [-0.39, 0.29) is 16.9 Å². The summed E-state index contributed by atoms with van der Waals surface area (Å²) >= 11 is 13.0. The molecule has 3 rings (SSSR count). The monoisotopic (exact) mass is 469 g/mol. The normalized spacial score (nSPS) is 10.8. The molecule has 1 amide bonds. The van der Waals surface area contributed by atoms with Crippen LogP contribution in [0.5, 0.6) is 5.75 Å². The van der Waals surface area contributed by atoms with Crippen molar-refractivity contribution in [3.63, 3.8) is 0 Å². The highest BCUT2D eigenvalue weighted by Crippen LogP contribution is 2.27. The summed E-state index contributed by atoms with van der Waals surface area (Å²) in [6.45, 7) is 2.21. The Labute approximate surface area is 187 Å². The van der Waals surface area contributed by atoms with Gasteiger partial charge in [-0.1, -0.05) is 41.0 Å². The molecule has 0 saturated heterocycles. The Balaban J connectivity index is 1.40. The van der Waals surface area contributed by atoms with E-state index in [0.717, 1.165) is 17.3 Å². The standard InChI is InChI=1S/C20H18Cl2FN3O3S/c1-12-4-6-14(23)10-16(12)24-18(27)11-30-20-26-25-19(29-20)3-2-8-28-17-7-5-13(21)9-15(17)22/h4-7,9-10H,2-3,8,11H2,1H3,(H,24,27). The molecule has 1 heterocycles. The maximum absolute atomic E-state index is 13.3. The number of amides is 1. The lowest BCUT2D eigenvalue weighted by Crippen LogP contribution is -2.15. The topological polar surface area (TPSA) is 77.2 Å². The molecular formula is C20H18Cl2FN3O3S. The number of anilines is 1. The third-order valence-corrected chi connectivity index (χ3v) is 5.28. The minimum atomic E-state index is -0.410. The Bertz CT molecular complexity index is 1030. The average Bonchev–Trinajstić information content (AvgIpc) is 3.16. The number of nitrogens with one attached hydrogen (secondary N) is 1. The van der Waals surface area contributed by atoms with Gasteiger partial charge in [0.1, 0.15) is 11.6 Å². The number of carbonyl (C=O) groups excluding carboxylic acids is 1. The van der Waals surface area contributed by atoms with Crippen LogP contribution in [-0.4, -0.2) is 28.5 Å². The maximum atomic E-state index is 13.3. The molecular weight excluding hydrogens is 452 g/mol. The minimum absolute atomic E-state index is 0.0652. The molecule has 0 fully saturated rings. The molecule has 6 nitrogen and oxygen atoms in total. The Hall–Kier alpha value is -2.29. The molecule has 1 aromatic heterocycles. The first kappa shape index (κ1) is 22.4. The highest BCUT2D eigenvalue weighted by molar-refractivity contribution is 7.99. The van der Waals surface area contributed by atoms with Gasteiger partial charge in [0.15, 0.2) is 0 Å². The van der Waals surface area contributed by atoms with Crippen LogP contribution in [0.4, 0.5) is 10.1 Å². The number of carbonyl (C=O) groups is 1. The summed E-state index contributed by atoms with van der Waals surface area (Å²) < 4.78 is 24.4. The van der Waals surface area contributed by atoms with Crippen molar-refractivity contribution >= 4 is 46.6 Å². The molecule has 158 valence electrons. The van der Waals surface area contributed by atoms with Gasteiger partial charge in [-0.2, -0.15) is 0 Å². The summed E-state index contributed by atoms with van der Waals surface area (Å²) in [5.74, 6) is 0.372. The van der Waals surface area contributed by atoms with Crippen molar-refractivity contribution < 1.29 is 18.3 Å². The Morgan fingerprint density at radius 3 is 2.87 bits per heavy atom. The van der Waals surface area contributed by atoms with E-state index in [9.17, 15) is 9.18 Å². The molecule has 2 aromatic carbocycles. The Morgan fingerprint density at radius 1 is 1.23 bits per heavy atom. The second-order valence-electron chi connectivity index (χ2n) is 6.28. The number of rotatable bonds is 9. The van der Waals surface area contributed by atoms with Crippen LogP contribution in [0.2, 0.25) is 10.0 Å². The van der Waals surface area contributed by atoms with Gasteiger partial charge < -0.3 is 14.5 Å². The van der Waals surface area contributed by atoms with E-state index in [0.29, 0.717) is 46.8 Å². The van der Waals surface area contributed by atoms with Gasteiger partial charge in [-0.15, -0.1) is 10.2 Å². The molecule has 0 atom stereocenters. The summed E-state index contributed by atoms with van der Waals surface area (Å²) in [5.41, 5.74) is 1.21. The van der Waals surface area contributed by atoms with Gasteiger partial charge in [0.2, 0.25) is 11.8 Å². The van der Waals surface area contributed by atoms with Crippen molar-refractivity contribution in [2.75, 3.05) is 17.7 Å². The number of ether oxygens (including phenoxy) is 1. The number of halogens is 3. The highest BCUT2D eigenvalue weighted by Gasteiger charge is 2.11. The second-order valence-corrected chi connectivity index (χ2v) is 8.05. The number of nitrogens with zero attached hydrogens (tertiary/aromatic N) is 2. The molecule has 0 aliphatic heterocycles. The summed E-state index contributed by atoms with van der Waals surface area (Å²) in [4.78, 5) is 12.1. The summed E-state index contributed by atoms with van der Waals surface area (Å²) in [6, 6.07) is 9.26. The number of hydrogen-bond donors (Lipinski definition) is 1. The fraction of sp³-hybridized carbons (Fsp3) is 0.250. The SMILES string of the molecule is Cc1ccc(F)cc1NC(=O)CSc1nnc(CCCOc2ccc(Cl)cc2Cl)o1. The van der Waals surface area contributed by atoms with Gasteiger partial charge in [0, 0.05) is 17.1 Å². The van der Waals surface area contributed by atoms with E-state index in [1.807, 2.05) is 0 Å². The van der Waals surface area contributed by atoms with Crippen LogP contribution >= 0.6 is 35.0 Å². The van der Waals surface area contributed by atoms with Crippen LogP contribution in [0.3, 0.4) is 0 Å². The van der Waals surface area contributed by atoms with Crippen molar-refractivity contribution in [2.45, 2.75) is 25.0 Å². The van der Waals surface area contributed by atoms with Crippen LogP contribution in [0.1, 0.15) is 17.9 Å². The van der Waals surface area contributed by atoms with Crippen molar-refractivity contribution in [3.8, 4) is 5.75 Å². The lowest BCUT2D eigenvalue weighted by molar-refractivity contribution is -0.113.